The van der Waals surface area contributed by atoms with Crippen LogP contribution in [0.5, 0.6) is 0 Å². The second-order valence-corrected chi connectivity index (χ2v) is 4.86. The summed E-state index contributed by atoms with van der Waals surface area (Å²) in [6, 6.07) is 0. The molecule has 0 aromatic heterocycles. The topological polar surface area (TPSA) is 9.23 Å². The fourth-order valence-electron chi connectivity index (χ4n) is 2.76. The molecule has 2 aliphatic rings. The van der Waals surface area contributed by atoms with Gasteiger partial charge in [0.2, 0.25) is 0 Å². The van der Waals surface area contributed by atoms with Crippen molar-refractivity contribution >= 4 is 0 Å². The fraction of sp³-hybridized carbons (Fsp3) is 1.00. The molecule has 2 atom stereocenters. The Morgan fingerprint density at radius 2 is 1.91 bits per heavy atom. The molecular formula is C10H18O. The quantitative estimate of drug-likeness (QED) is 0.521. The summed E-state index contributed by atoms with van der Waals surface area (Å²) in [6.45, 7) is 7.99. The molecule has 1 heteroatoms. The van der Waals surface area contributed by atoms with Crippen molar-refractivity contribution in [3.05, 3.63) is 0 Å². The molecule has 1 saturated heterocycles. The van der Waals surface area contributed by atoms with Crippen molar-refractivity contribution in [1.29, 1.82) is 0 Å². The van der Waals surface area contributed by atoms with Crippen molar-refractivity contribution in [3.8, 4) is 0 Å². The molecule has 0 amide bonds. The summed E-state index contributed by atoms with van der Waals surface area (Å²) in [5.41, 5.74) is 0.612. The molecule has 0 bridgehead atoms. The molecule has 1 aliphatic heterocycles. The van der Waals surface area contributed by atoms with Gasteiger partial charge in [-0.3, -0.25) is 0 Å². The highest BCUT2D eigenvalue weighted by Gasteiger charge is 2.55. The maximum atomic E-state index is 5.88. The molecule has 0 N–H and O–H groups in total. The van der Waals surface area contributed by atoms with Gasteiger partial charge < -0.3 is 4.74 Å². The summed E-state index contributed by atoms with van der Waals surface area (Å²) in [5.74, 6) is 0.845. The zero-order valence-electron chi connectivity index (χ0n) is 7.81. The van der Waals surface area contributed by atoms with E-state index in [0.29, 0.717) is 5.41 Å². The first-order chi connectivity index (χ1) is 5.06. The lowest BCUT2D eigenvalue weighted by Crippen LogP contribution is -2.40. The van der Waals surface area contributed by atoms with Crippen molar-refractivity contribution in [1.82, 2.24) is 0 Å². The Kier molecular flexibility index (Phi) is 1.39. The first kappa shape index (κ1) is 7.60. The minimum Gasteiger partial charge on any atom is -0.374 e. The van der Waals surface area contributed by atoms with Crippen molar-refractivity contribution < 1.29 is 4.74 Å². The zero-order valence-corrected chi connectivity index (χ0v) is 7.81. The summed E-state index contributed by atoms with van der Waals surface area (Å²) < 4.78 is 5.88. The second kappa shape index (κ2) is 2.01. The minimum atomic E-state index is 0.201. The van der Waals surface area contributed by atoms with Crippen LogP contribution < -0.4 is 0 Å². The standard InChI is InChI=1S/C10H18O/c1-9(2)6-4-8-5-7-11-10(8,9)3/h8H,4-7H2,1-3H3. The van der Waals surface area contributed by atoms with Gasteiger partial charge in [0.15, 0.2) is 0 Å². The summed E-state index contributed by atoms with van der Waals surface area (Å²) in [6.07, 6.45) is 4.01. The maximum absolute atomic E-state index is 5.88. The van der Waals surface area contributed by atoms with Gasteiger partial charge >= 0.3 is 0 Å². The van der Waals surface area contributed by atoms with Gasteiger partial charge in [-0.05, 0) is 37.5 Å². The van der Waals surface area contributed by atoms with Gasteiger partial charge in [-0.15, -0.1) is 0 Å². The van der Waals surface area contributed by atoms with Gasteiger partial charge in [-0.2, -0.15) is 0 Å². The Labute approximate surface area is 69.1 Å². The lowest BCUT2D eigenvalue weighted by atomic mass is 9.76. The SMILES string of the molecule is CC1(C)CCC2CCOC21C. The van der Waals surface area contributed by atoms with Crippen LogP contribution in [0.25, 0.3) is 0 Å². The first-order valence-corrected chi connectivity index (χ1v) is 4.70. The lowest BCUT2D eigenvalue weighted by Gasteiger charge is -2.37. The van der Waals surface area contributed by atoms with Gasteiger partial charge in [0, 0.05) is 6.61 Å². The molecule has 0 spiro atoms. The third-order valence-corrected chi connectivity index (χ3v) is 4.11. The second-order valence-electron chi connectivity index (χ2n) is 4.86. The highest BCUT2D eigenvalue weighted by molar-refractivity contribution is 5.05. The molecule has 1 saturated carbocycles. The van der Waals surface area contributed by atoms with E-state index in [1.54, 1.807) is 0 Å². The van der Waals surface area contributed by atoms with E-state index in [1.807, 2.05) is 0 Å². The largest absolute Gasteiger partial charge is 0.374 e. The summed E-state index contributed by atoms with van der Waals surface area (Å²) in [4.78, 5) is 0. The molecule has 1 heterocycles. The molecule has 2 unspecified atom stereocenters. The third kappa shape index (κ3) is 0.807. The van der Waals surface area contributed by atoms with E-state index in [9.17, 15) is 0 Å². The number of fused-ring (bicyclic) bond motifs is 1. The van der Waals surface area contributed by atoms with E-state index in [4.69, 9.17) is 4.74 Å². The van der Waals surface area contributed by atoms with E-state index in [1.165, 1.54) is 19.3 Å². The number of rotatable bonds is 0. The Balaban J connectivity index is 2.30. The van der Waals surface area contributed by atoms with E-state index in [2.05, 4.69) is 20.8 Å². The minimum absolute atomic E-state index is 0.201. The van der Waals surface area contributed by atoms with Crippen molar-refractivity contribution in [2.75, 3.05) is 6.61 Å². The molecule has 64 valence electrons. The number of ether oxygens (including phenoxy) is 1. The van der Waals surface area contributed by atoms with Crippen LogP contribution in [0.2, 0.25) is 0 Å². The van der Waals surface area contributed by atoms with E-state index in [-0.39, 0.29) is 5.60 Å². The molecule has 0 aromatic carbocycles. The van der Waals surface area contributed by atoms with Gasteiger partial charge in [-0.1, -0.05) is 13.8 Å². The van der Waals surface area contributed by atoms with Crippen LogP contribution in [0.1, 0.15) is 40.0 Å². The summed E-state index contributed by atoms with van der Waals surface area (Å²) in [7, 11) is 0. The molecule has 0 radical (unpaired) electrons. The Hall–Kier alpha value is -0.0400. The molecule has 2 rings (SSSR count). The average molecular weight is 154 g/mol. The lowest BCUT2D eigenvalue weighted by molar-refractivity contribution is -0.0666. The monoisotopic (exact) mass is 154 g/mol. The fourth-order valence-corrected chi connectivity index (χ4v) is 2.76. The highest BCUT2D eigenvalue weighted by atomic mass is 16.5. The Bertz CT molecular complexity index is 174. The molecule has 0 aromatic rings. The van der Waals surface area contributed by atoms with Gasteiger partial charge in [0.1, 0.15) is 0 Å². The molecule has 1 aliphatic carbocycles. The smallest absolute Gasteiger partial charge is 0.0733 e. The number of hydrogen-bond donors (Lipinski definition) is 0. The van der Waals surface area contributed by atoms with Crippen molar-refractivity contribution in [3.63, 3.8) is 0 Å². The third-order valence-electron chi connectivity index (χ3n) is 4.11. The highest BCUT2D eigenvalue weighted by Crippen LogP contribution is 2.55. The zero-order chi connectivity index (χ0) is 8.11. The van der Waals surface area contributed by atoms with Crippen molar-refractivity contribution in [2.45, 2.75) is 45.6 Å². The summed E-state index contributed by atoms with van der Waals surface area (Å²) in [5, 5.41) is 0. The Morgan fingerprint density at radius 1 is 1.18 bits per heavy atom. The van der Waals surface area contributed by atoms with Crippen LogP contribution in [0.3, 0.4) is 0 Å². The van der Waals surface area contributed by atoms with Crippen molar-refractivity contribution in [2.24, 2.45) is 11.3 Å². The average Bonchev–Trinajstić information content (AvgIpc) is 2.36. The molecule has 11 heavy (non-hydrogen) atoms. The van der Waals surface area contributed by atoms with Crippen LogP contribution >= 0.6 is 0 Å². The van der Waals surface area contributed by atoms with E-state index >= 15 is 0 Å². The summed E-state index contributed by atoms with van der Waals surface area (Å²) >= 11 is 0. The normalized spacial score (nSPS) is 47.7. The molecular weight excluding hydrogens is 136 g/mol. The number of hydrogen-bond acceptors (Lipinski definition) is 1. The van der Waals surface area contributed by atoms with Gasteiger partial charge in [0.05, 0.1) is 5.60 Å². The Morgan fingerprint density at radius 3 is 2.55 bits per heavy atom. The van der Waals surface area contributed by atoms with Gasteiger partial charge in [0.25, 0.3) is 0 Å². The maximum Gasteiger partial charge on any atom is 0.0733 e. The molecule has 2 fully saturated rings. The van der Waals surface area contributed by atoms with E-state index < -0.39 is 0 Å². The van der Waals surface area contributed by atoms with Crippen LogP contribution in [0, 0.1) is 11.3 Å². The predicted octanol–water partition coefficient (Wildman–Crippen LogP) is 2.60. The van der Waals surface area contributed by atoms with Crippen LogP contribution in [0.4, 0.5) is 0 Å². The van der Waals surface area contributed by atoms with Crippen LogP contribution in [-0.4, -0.2) is 12.2 Å². The molecule has 1 nitrogen and oxygen atoms in total. The van der Waals surface area contributed by atoms with E-state index in [0.717, 1.165) is 12.5 Å². The van der Waals surface area contributed by atoms with Crippen LogP contribution in [0.15, 0.2) is 0 Å². The predicted molar refractivity (Wildman–Crippen MR) is 45.5 cm³/mol. The first-order valence-electron chi connectivity index (χ1n) is 4.70. The van der Waals surface area contributed by atoms with Crippen LogP contribution in [-0.2, 0) is 4.74 Å². The van der Waals surface area contributed by atoms with Gasteiger partial charge in [-0.25, -0.2) is 0 Å².